The first-order valence-electron chi connectivity index (χ1n) is 12.2. The Balaban J connectivity index is -0.000000190. The molecule has 0 aliphatic carbocycles. The van der Waals surface area contributed by atoms with E-state index in [2.05, 4.69) is 23.3 Å². The molecule has 2 unspecified atom stereocenters. The van der Waals surface area contributed by atoms with Crippen LogP contribution in [-0.2, 0) is 28.7 Å². The van der Waals surface area contributed by atoms with Crippen LogP contribution in [0, 0.1) is 0 Å². The van der Waals surface area contributed by atoms with E-state index in [9.17, 15) is 19.2 Å². The van der Waals surface area contributed by atoms with E-state index in [1.54, 1.807) is 0 Å². The first-order valence-corrected chi connectivity index (χ1v) is 12.2. The van der Waals surface area contributed by atoms with Crippen LogP contribution in [0.2, 0.25) is 0 Å². The fraction of sp³-hybridized carbons (Fsp3) is 0.833. The molecule has 0 radical (unpaired) electrons. The lowest BCUT2D eigenvalue weighted by Gasteiger charge is -2.05. The van der Waals surface area contributed by atoms with Gasteiger partial charge in [-0.25, -0.2) is 0 Å². The summed E-state index contributed by atoms with van der Waals surface area (Å²) in [5.41, 5.74) is 0. The molecule has 0 aromatic carbocycles. The van der Waals surface area contributed by atoms with Crippen LogP contribution in [0.4, 0.5) is 0 Å². The SMILES string of the molecule is CC(=O)OCC(O)CO.CC(=O)OCC(O)CO.CCCCCCC(=O)O.CCCCCCC(=O)O. The molecule has 0 rings (SSSR count). The third-order valence-corrected chi connectivity index (χ3v) is 3.87. The quantitative estimate of drug-likeness (QED) is 0.125. The summed E-state index contributed by atoms with van der Waals surface area (Å²) in [4.78, 5) is 40.0. The predicted molar refractivity (Wildman–Crippen MR) is 132 cm³/mol. The summed E-state index contributed by atoms with van der Waals surface area (Å²) < 4.78 is 8.69. The third kappa shape index (κ3) is 53.2. The monoisotopic (exact) mass is 528 g/mol. The van der Waals surface area contributed by atoms with Crippen LogP contribution in [-0.4, -0.2) is 93.2 Å². The van der Waals surface area contributed by atoms with Crippen LogP contribution < -0.4 is 0 Å². The number of hydrogen-bond acceptors (Lipinski definition) is 10. The van der Waals surface area contributed by atoms with Gasteiger partial charge in [0.25, 0.3) is 0 Å². The Labute approximate surface area is 214 Å². The Hall–Kier alpha value is -2.28. The molecule has 0 aliphatic heterocycles. The van der Waals surface area contributed by atoms with Crippen LogP contribution in [0.3, 0.4) is 0 Å². The fourth-order valence-electron chi connectivity index (χ4n) is 1.94. The summed E-state index contributed by atoms with van der Waals surface area (Å²) in [5.74, 6) is -2.26. The average molecular weight is 529 g/mol. The van der Waals surface area contributed by atoms with Crippen LogP contribution >= 0.6 is 0 Å². The van der Waals surface area contributed by atoms with Gasteiger partial charge in [0.05, 0.1) is 13.2 Å². The number of unbranched alkanes of at least 4 members (excludes halogenated alkanes) is 6. The number of aliphatic carboxylic acids is 2. The highest BCUT2D eigenvalue weighted by Gasteiger charge is 2.03. The van der Waals surface area contributed by atoms with Crippen molar-refractivity contribution in [3.05, 3.63) is 0 Å². The van der Waals surface area contributed by atoms with Crippen molar-refractivity contribution in [2.45, 2.75) is 104 Å². The zero-order valence-electron chi connectivity index (χ0n) is 22.2. The number of carbonyl (C=O) groups is 4. The van der Waals surface area contributed by atoms with Gasteiger partial charge in [-0.2, -0.15) is 0 Å². The standard InChI is InChI=1S/2C7H14O2.2C5H10O4/c2*1-2-3-4-5-6-7(8)9;2*1-4(7)9-3-5(8)2-6/h2*2-6H2,1H3,(H,8,9);2*5-6,8H,2-3H2,1H3. The summed E-state index contributed by atoms with van der Waals surface area (Å²) in [6.45, 7) is 5.67. The maximum Gasteiger partial charge on any atom is 0.303 e. The second-order valence-corrected chi connectivity index (χ2v) is 7.69. The van der Waals surface area contributed by atoms with E-state index in [4.69, 9.17) is 30.6 Å². The molecule has 0 aromatic heterocycles. The minimum absolute atomic E-state index is 0.133. The van der Waals surface area contributed by atoms with Crippen molar-refractivity contribution < 1.29 is 59.3 Å². The molecule has 2 atom stereocenters. The second kappa shape index (κ2) is 32.7. The van der Waals surface area contributed by atoms with Crippen molar-refractivity contribution in [2.24, 2.45) is 0 Å². The van der Waals surface area contributed by atoms with Gasteiger partial charge in [-0.05, 0) is 12.8 Å². The van der Waals surface area contributed by atoms with Crippen molar-refractivity contribution in [2.75, 3.05) is 26.4 Å². The number of aliphatic hydroxyl groups is 4. The Morgan fingerprint density at radius 1 is 0.611 bits per heavy atom. The van der Waals surface area contributed by atoms with Gasteiger partial charge in [-0.15, -0.1) is 0 Å². The molecule has 0 spiro atoms. The van der Waals surface area contributed by atoms with Crippen molar-refractivity contribution in [3.63, 3.8) is 0 Å². The molecule has 12 nitrogen and oxygen atoms in total. The molecule has 0 saturated heterocycles. The van der Waals surface area contributed by atoms with Gasteiger partial charge in [-0.1, -0.05) is 52.4 Å². The van der Waals surface area contributed by atoms with Crippen molar-refractivity contribution in [3.8, 4) is 0 Å². The van der Waals surface area contributed by atoms with Gasteiger partial charge in [0.2, 0.25) is 0 Å². The first-order chi connectivity index (χ1) is 16.9. The van der Waals surface area contributed by atoms with Gasteiger partial charge in [0, 0.05) is 26.7 Å². The van der Waals surface area contributed by atoms with E-state index >= 15 is 0 Å². The summed E-state index contributed by atoms with van der Waals surface area (Å²) >= 11 is 0. The van der Waals surface area contributed by atoms with Crippen molar-refractivity contribution in [1.29, 1.82) is 0 Å². The zero-order valence-corrected chi connectivity index (χ0v) is 22.2. The smallest absolute Gasteiger partial charge is 0.303 e. The first kappa shape index (κ1) is 40.9. The molecule has 0 fully saturated rings. The predicted octanol–water partition coefficient (Wildman–Crippen LogP) is 1.89. The van der Waals surface area contributed by atoms with Crippen LogP contribution in [0.5, 0.6) is 0 Å². The molecular formula is C24H48O12. The lowest BCUT2D eigenvalue weighted by molar-refractivity contribution is -0.145. The second-order valence-electron chi connectivity index (χ2n) is 7.69. The lowest BCUT2D eigenvalue weighted by atomic mass is 10.2. The number of carboxylic acids is 2. The van der Waals surface area contributed by atoms with Gasteiger partial charge in [-0.3, -0.25) is 19.2 Å². The minimum Gasteiger partial charge on any atom is -0.481 e. The van der Waals surface area contributed by atoms with Crippen LogP contribution in [0.1, 0.15) is 91.9 Å². The normalized spacial score (nSPS) is 11.1. The van der Waals surface area contributed by atoms with Crippen LogP contribution in [0.15, 0.2) is 0 Å². The highest BCUT2D eigenvalue weighted by molar-refractivity contribution is 5.67. The topological polar surface area (TPSA) is 208 Å². The molecule has 0 amide bonds. The van der Waals surface area contributed by atoms with E-state index in [1.165, 1.54) is 26.7 Å². The number of hydrogen-bond donors (Lipinski definition) is 6. The van der Waals surface area contributed by atoms with Gasteiger partial charge >= 0.3 is 23.9 Å². The molecule has 216 valence electrons. The average Bonchev–Trinajstić information content (AvgIpc) is 2.82. The Kier molecular flexibility index (Phi) is 37.1. The molecule has 12 heteroatoms. The van der Waals surface area contributed by atoms with Crippen molar-refractivity contribution in [1.82, 2.24) is 0 Å². The minimum atomic E-state index is -0.950. The largest absolute Gasteiger partial charge is 0.481 e. The molecular weight excluding hydrogens is 480 g/mol. The summed E-state index contributed by atoms with van der Waals surface area (Å²) in [5, 5.41) is 50.0. The summed E-state index contributed by atoms with van der Waals surface area (Å²) in [6, 6.07) is 0. The van der Waals surface area contributed by atoms with E-state index in [-0.39, 0.29) is 26.4 Å². The maximum atomic E-state index is 10.0. The zero-order chi connectivity index (χ0) is 28.8. The Bertz CT molecular complexity index is 479. The van der Waals surface area contributed by atoms with Gasteiger partial charge < -0.3 is 40.1 Å². The Morgan fingerprint density at radius 2 is 0.917 bits per heavy atom. The molecule has 6 N–H and O–H groups in total. The maximum absolute atomic E-state index is 10.0. The number of carbonyl (C=O) groups excluding carboxylic acids is 2. The lowest BCUT2D eigenvalue weighted by Crippen LogP contribution is -2.20. The fourth-order valence-corrected chi connectivity index (χ4v) is 1.94. The molecule has 0 saturated carbocycles. The number of aliphatic hydroxyl groups excluding tert-OH is 4. The number of esters is 2. The molecule has 0 bridgehead atoms. The van der Waals surface area contributed by atoms with Crippen molar-refractivity contribution >= 4 is 23.9 Å². The van der Waals surface area contributed by atoms with E-state index in [0.29, 0.717) is 12.8 Å². The highest BCUT2D eigenvalue weighted by Crippen LogP contribution is 2.02. The van der Waals surface area contributed by atoms with Gasteiger partial charge in [0.15, 0.2) is 0 Å². The van der Waals surface area contributed by atoms with E-state index in [0.717, 1.165) is 38.5 Å². The number of rotatable bonds is 16. The Morgan fingerprint density at radius 3 is 1.11 bits per heavy atom. The number of carboxylic acid groups (broad SMARTS) is 2. The molecule has 0 aliphatic rings. The van der Waals surface area contributed by atoms with Crippen LogP contribution in [0.25, 0.3) is 0 Å². The van der Waals surface area contributed by atoms with E-state index in [1.807, 2.05) is 0 Å². The molecule has 0 aromatic rings. The van der Waals surface area contributed by atoms with E-state index < -0.39 is 36.1 Å². The summed E-state index contributed by atoms with van der Waals surface area (Å²) in [6.07, 6.45) is 7.21. The summed E-state index contributed by atoms with van der Waals surface area (Å²) in [7, 11) is 0. The highest BCUT2D eigenvalue weighted by atomic mass is 16.5. The molecule has 36 heavy (non-hydrogen) atoms. The third-order valence-electron chi connectivity index (χ3n) is 3.87. The number of ether oxygens (including phenoxy) is 2. The molecule has 0 heterocycles. The van der Waals surface area contributed by atoms with Gasteiger partial charge in [0.1, 0.15) is 25.4 Å².